The maximum Gasteiger partial charge on any atom is 0.224 e. The van der Waals surface area contributed by atoms with Crippen LogP contribution in [-0.4, -0.2) is 36.2 Å². The fourth-order valence-electron chi connectivity index (χ4n) is 2.00. The van der Waals surface area contributed by atoms with Gasteiger partial charge in [0, 0.05) is 13.0 Å². The van der Waals surface area contributed by atoms with E-state index in [2.05, 4.69) is 0 Å². The zero-order chi connectivity index (χ0) is 11.5. The van der Waals surface area contributed by atoms with E-state index in [1.54, 1.807) is 0 Å². The first-order chi connectivity index (χ1) is 6.98. The van der Waals surface area contributed by atoms with Crippen LogP contribution in [0.1, 0.15) is 33.1 Å². The number of rotatable bonds is 5. The monoisotopic (exact) mass is 212 g/mol. The van der Waals surface area contributed by atoms with Crippen LogP contribution < -0.4 is 5.73 Å². The van der Waals surface area contributed by atoms with Crippen LogP contribution >= 0.6 is 0 Å². The minimum absolute atomic E-state index is 0.256. The summed E-state index contributed by atoms with van der Waals surface area (Å²) in [5, 5.41) is 0. The summed E-state index contributed by atoms with van der Waals surface area (Å²) in [7, 11) is 0. The summed E-state index contributed by atoms with van der Waals surface area (Å²) in [5.74, 6) is -0.000777. The minimum atomic E-state index is -0.438. The number of hydrogen-bond acceptors (Lipinski definition) is 3. The van der Waals surface area contributed by atoms with Gasteiger partial charge in [-0.1, -0.05) is 6.92 Å². The molecule has 1 aliphatic heterocycles. The summed E-state index contributed by atoms with van der Waals surface area (Å²) in [5.41, 5.74) is 4.90. The van der Waals surface area contributed by atoms with Gasteiger partial charge in [-0.15, -0.1) is 0 Å². The molecule has 2 N–H and O–H groups in total. The van der Waals surface area contributed by atoms with Gasteiger partial charge in [-0.3, -0.25) is 14.5 Å². The van der Waals surface area contributed by atoms with Crippen molar-refractivity contribution in [3.8, 4) is 0 Å². The van der Waals surface area contributed by atoms with Gasteiger partial charge in [-0.2, -0.15) is 0 Å². The zero-order valence-corrected chi connectivity index (χ0v) is 9.58. The average Bonchev–Trinajstić information content (AvgIpc) is 2.49. The molecule has 0 aromatic rings. The first kappa shape index (κ1) is 12.2. The molecule has 1 atom stereocenters. The van der Waals surface area contributed by atoms with Crippen molar-refractivity contribution >= 4 is 11.7 Å². The Labute approximate surface area is 90.8 Å². The second kappa shape index (κ2) is 4.75. The molecule has 0 aromatic carbocycles. The van der Waals surface area contributed by atoms with Gasteiger partial charge < -0.3 is 5.73 Å². The van der Waals surface area contributed by atoms with Gasteiger partial charge in [-0.25, -0.2) is 0 Å². The molecule has 0 spiro atoms. The predicted octanol–water partition coefficient (Wildman–Crippen LogP) is 0.553. The number of Topliss-reactive ketones (excluding diaryl/α,β-unsaturated/α-hetero) is 1. The van der Waals surface area contributed by atoms with Crippen LogP contribution in [0.15, 0.2) is 0 Å². The third-order valence-electron chi connectivity index (χ3n) is 3.08. The van der Waals surface area contributed by atoms with Gasteiger partial charge in [0.1, 0.15) is 5.78 Å². The highest BCUT2D eigenvalue weighted by molar-refractivity contribution is 5.82. The number of carbonyl (C=O) groups excluding carboxylic acids is 2. The van der Waals surface area contributed by atoms with E-state index >= 15 is 0 Å². The van der Waals surface area contributed by atoms with Gasteiger partial charge in [-0.05, 0) is 26.3 Å². The molecule has 0 aliphatic carbocycles. The van der Waals surface area contributed by atoms with Crippen LogP contribution in [0.2, 0.25) is 0 Å². The van der Waals surface area contributed by atoms with Crippen LogP contribution in [0, 0.1) is 5.41 Å². The van der Waals surface area contributed by atoms with Crippen LogP contribution in [0.25, 0.3) is 0 Å². The molecule has 0 aromatic heterocycles. The molecule has 1 rings (SSSR count). The third kappa shape index (κ3) is 3.02. The first-order valence-corrected chi connectivity index (χ1v) is 5.52. The van der Waals surface area contributed by atoms with E-state index < -0.39 is 5.41 Å². The third-order valence-corrected chi connectivity index (χ3v) is 3.08. The summed E-state index contributed by atoms with van der Waals surface area (Å²) in [6.07, 6.45) is 2.28. The number of carbonyl (C=O) groups is 2. The summed E-state index contributed by atoms with van der Waals surface area (Å²) < 4.78 is 0. The van der Waals surface area contributed by atoms with Crippen molar-refractivity contribution in [2.24, 2.45) is 11.1 Å². The van der Waals surface area contributed by atoms with E-state index in [1.165, 1.54) is 0 Å². The lowest BCUT2D eigenvalue weighted by atomic mass is 9.89. The second-order valence-electron chi connectivity index (χ2n) is 4.67. The molecule has 1 unspecified atom stereocenters. The molecule has 1 aliphatic rings. The Morgan fingerprint density at radius 2 is 2.13 bits per heavy atom. The van der Waals surface area contributed by atoms with E-state index in [4.69, 9.17) is 5.73 Å². The SMILES string of the molecule is CCCC(=O)CN1CCC(C)(C(N)=O)C1. The Bertz CT molecular complexity index is 265. The number of primary amides is 1. The lowest BCUT2D eigenvalue weighted by Crippen LogP contribution is -2.38. The summed E-state index contributed by atoms with van der Waals surface area (Å²) in [6.45, 7) is 5.76. The number of amides is 1. The first-order valence-electron chi connectivity index (χ1n) is 5.52. The largest absolute Gasteiger partial charge is 0.369 e. The van der Waals surface area contributed by atoms with Gasteiger partial charge in [0.05, 0.1) is 12.0 Å². The quantitative estimate of drug-likeness (QED) is 0.724. The van der Waals surface area contributed by atoms with E-state index in [9.17, 15) is 9.59 Å². The molecule has 0 saturated carbocycles. The van der Waals surface area contributed by atoms with Crippen LogP contribution in [0.4, 0.5) is 0 Å². The fourth-order valence-corrected chi connectivity index (χ4v) is 2.00. The van der Waals surface area contributed by atoms with Gasteiger partial charge >= 0.3 is 0 Å². The number of hydrogen-bond donors (Lipinski definition) is 1. The lowest BCUT2D eigenvalue weighted by Gasteiger charge is -2.20. The Balaban J connectivity index is 2.43. The van der Waals surface area contributed by atoms with Crippen molar-refractivity contribution < 1.29 is 9.59 Å². The maximum atomic E-state index is 11.4. The average molecular weight is 212 g/mol. The standard InChI is InChI=1S/C11H20N2O2/c1-3-4-9(14)7-13-6-5-11(2,8-13)10(12)15/h3-8H2,1-2H3,(H2,12,15). The van der Waals surface area contributed by atoms with E-state index in [1.807, 2.05) is 18.7 Å². The van der Waals surface area contributed by atoms with Crippen molar-refractivity contribution in [2.45, 2.75) is 33.1 Å². The topological polar surface area (TPSA) is 63.4 Å². The molecule has 86 valence electrons. The van der Waals surface area contributed by atoms with Gasteiger partial charge in [0.15, 0.2) is 0 Å². The van der Waals surface area contributed by atoms with E-state index in [0.29, 0.717) is 19.5 Å². The summed E-state index contributed by atoms with van der Waals surface area (Å²) >= 11 is 0. The molecule has 1 heterocycles. The molecule has 4 nitrogen and oxygen atoms in total. The Morgan fingerprint density at radius 1 is 1.47 bits per heavy atom. The number of nitrogens with two attached hydrogens (primary N) is 1. The number of ketones is 1. The molecule has 15 heavy (non-hydrogen) atoms. The van der Waals surface area contributed by atoms with Gasteiger partial charge in [0.25, 0.3) is 0 Å². The highest BCUT2D eigenvalue weighted by Crippen LogP contribution is 2.29. The molecular weight excluding hydrogens is 192 g/mol. The van der Waals surface area contributed by atoms with Crippen molar-refractivity contribution in [3.63, 3.8) is 0 Å². The van der Waals surface area contributed by atoms with Crippen LogP contribution in [0.5, 0.6) is 0 Å². The number of likely N-dealkylation sites (tertiary alicyclic amines) is 1. The zero-order valence-electron chi connectivity index (χ0n) is 9.58. The van der Waals surface area contributed by atoms with E-state index in [-0.39, 0.29) is 11.7 Å². The Morgan fingerprint density at radius 3 is 2.60 bits per heavy atom. The maximum absolute atomic E-state index is 11.4. The second-order valence-corrected chi connectivity index (χ2v) is 4.67. The van der Waals surface area contributed by atoms with Crippen molar-refractivity contribution in [1.29, 1.82) is 0 Å². The summed E-state index contributed by atoms with van der Waals surface area (Å²) in [6, 6.07) is 0. The van der Waals surface area contributed by atoms with Crippen LogP contribution in [0.3, 0.4) is 0 Å². The number of nitrogens with zero attached hydrogens (tertiary/aromatic N) is 1. The van der Waals surface area contributed by atoms with Gasteiger partial charge in [0.2, 0.25) is 5.91 Å². The predicted molar refractivity (Wildman–Crippen MR) is 58.3 cm³/mol. The van der Waals surface area contributed by atoms with E-state index in [0.717, 1.165) is 19.4 Å². The highest BCUT2D eigenvalue weighted by Gasteiger charge is 2.38. The Hall–Kier alpha value is -0.900. The van der Waals surface area contributed by atoms with Crippen molar-refractivity contribution in [2.75, 3.05) is 19.6 Å². The molecule has 1 fully saturated rings. The molecule has 1 amide bonds. The highest BCUT2D eigenvalue weighted by atomic mass is 16.1. The molecule has 1 saturated heterocycles. The lowest BCUT2D eigenvalue weighted by molar-refractivity contribution is -0.127. The van der Waals surface area contributed by atoms with Crippen LogP contribution in [-0.2, 0) is 9.59 Å². The fraction of sp³-hybridized carbons (Fsp3) is 0.818. The Kier molecular flexibility index (Phi) is 3.85. The summed E-state index contributed by atoms with van der Waals surface area (Å²) in [4.78, 5) is 24.6. The minimum Gasteiger partial charge on any atom is -0.369 e. The molecule has 4 heteroatoms. The smallest absolute Gasteiger partial charge is 0.224 e. The normalized spacial score (nSPS) is 26.8. The van der Waals surface area contributed by atoms with Crippen molar-refractivity contribution in [1.82, 2.24) is 4.90 Å². The van der Waals surface area contributed by atoms with Crippen molar-refractivity contribution in [3.05, 3.63) is 0 Å². The molecule has 0 radical (unpaired) electrons. The molecule has 0 bridgehead atoms. The molecular formula is C11H20N2O2.